The summed E-state index contributed by atoms with van der Waals surface area (Å²) in [5.41, 5.74) is 1.13. The predicted octanol–water partition coefficient (Wildman–Crippen LogP) is 3.10. The van der Waals surface area contributed by atoms with E-state index in [2.05, 4.69) is 10.6 Å². The van der Waals surface area contributed by atoms with Crippen molar-refractivity contribution < 1.29 is 19.1 Å². The molecule has 6 heteroatoms. The van der Waals surface area contributed by atoms with Crippen LogP contribution in [-0.4, -0.2) is 24.1 Å². The van der Waals surface area contributed by atoms with Gasteiger partial charge in [0.1, 0.15) is 0 Å². The first-order valence-corrected chi connectivity index (χ1v) is 8.79. The lowest BCUT2D eigenvalue weighted by Crippen LogP contribution is -2.34. The molecule has 1 aliphatic carbocycles. The molecule has 0 unspecified atom stereocenters. The molecule has 1 aliphatic heterocycles. The number of amides is 2. The molecule has 0 aromatic heterocycles. The number of benzene rings is 2. The van der Waals surface area contributed by atoms with Crippen molar-refractivity contribution in [1.82, 2.24) is 5.32 Å². The summed E-state index contributed by atoms with van der Waals surface area (Å²) >= 11 is 0. The van der Waals surface area contributed by atoms with Crippen molar-refractivity contribution in [2.24, 2.45) is 0 Å². The topological polar surface area (TPSA) is 76.7 Å². The first kappa shape index (κ1) is 16.4. The zero-order chi connectivity index (χ0) is 18.0. The fourth-order valence-corrected chi connectivity index (χ4v) is 3.35. The van der Waals surface area contributed by atoms with Crippen LogP contribution < -0.4 is 20.1 Å². The van der Waals surface area contributed by atoms with Gasteiger partial charge in [-0.3, -0.25) is 9.59 Å². The van der Waals surface area contributed by atoms with Gasteiger partial charge in [0.25, 0.3) is 11.7 Å². The second-order valence-electron chi connectivity index (χ2n) is 6.58. The average molecular weight is 352 g/mol. The van der Waals surface area contributed by atoms with Gasteiger partial charge in [0, 0.05) is 30.2 Å². The third kappa shape index (κ3) is 3.35. The zero-order valence-electron chi connectivity index (χ0n) is 14.3. The Bertz CT molecular complexity index is 829. The minimum atomic E-state index is -0.519. The number of hydrogen-bond acceptors (Lipinski definition) is 4. The van der Waals surface area contributed by atoms with Crippen molar-refractivity contribution in [2.75, 3.05) is 11.9 Å². The van der Waals surface area contributed by atoms with Crippen molar-refractivity contribution in [3.63, 3.8) is 0 Å². The molecule has 4 rings (SSSR count). The molecular formula is C20H20N2O4. The minimum Gasteiger partial charge on any atom is -0.448 e. The second-order valence-corrected chi connectivity index (χ2v) is 6.58. The predicted molar refractivity (Wildman–Crippen MR) is 96.3 cm³/mol. The van der Waals surface area contributed by atoms with E-state index in [1.165, 1.54) is 0 Å². The Labute approximate surface area is 151 Å². The number of carbonyl (C=O) groups excluding carboxylic acids is 2. The van der Waals surface area contributed by atoms with Gasteiger partial charge in [0.15, 0.2) is 11.5 Å². The second kappa shape index (κ2) is 6.71. The number of hydrogen-bond donors (Lipinski definition) is 2. The molecule has 2 aromatic rings. The van der Waals surface area contributed by atoms with Crippen LogP contribution in [0.1, 0.15) is 36.0 Å². The van der Waals surface area contributed by atoms with E-state index < -0.39 is 5.79 Å². The molecule has 0 saturated heterocycles. The van der Waals surface area contributed by atoms with Crippen LogP contribution in [0.25, 0.3) is 0 Å². The Morgan fingerprint density at radius 3 is 2.46 bits per heavy atom. The van der Waals surface area contributed by atoms with Gasteiger partial charge in [-0.2, -0.15) is 0 Å². The van der Waals surface area contributed by atoms with E-state index in [0.717, 1.165) is 25.7 Å². The fraction of sp³-hybridized carbons (Fsp3) is 0.300. The van der Waals surface area contributed by atoms with Gasteiger partial charge in [-0.1, -0.05) is 18.2 Å². The summed E-state index contributed by atoms with van der Waals surface area (Å²) in [6.45, 7) is -0.105. The first-order chi connectivity index (χ1) is 12.6. The molecule has 26 heavy (non-hydrogen) atoms. The van der Waals surface area contributed by atoms with Crippen molar-refractivity contribution in [3.8, 4) is 11.5 Å². The Kier molecular flexibility index (Phi) is 4.24. The molecule has 134 valence electrons. The van der Waals surface area contributed by atoms with Gasteiger partial charge < -0.3 is 20.1 Å². The maximum atomic E-state index is 12.1. The number of ether oxygens (including phenoxy) is 2. The van der Waals surface area contributed by atoms with Crippen LogP contribution in [0.2, 0.25) is 0 Å². The van der Waals surface area contributed by atoms with E-state index in [-0.39, 0.29) is 18.4 Å². The lowest BCUT2D eigenvalue weighted by molar-refractivity contribution is -0.115. The molecule has 1 heterocycles. The van der Waals surface area contributed by atoms with Gasteiger partial charge in [0.2, 0.25) is 5.91 Å². The smallest absolute Gasteiger partial charge is 0.251 e. The molecule has 2 aromatic carbocycles. The highest BCUT2D eigenvalue weighted by Crippen LogP contribution is 2.47. The number of fused-ring (bicyclic) bond motifs is 1. The lowest BCUT2D eigenvalue weighted by Gasteiger charge is -2.21. The quantitative estimate of drug-likeness (QED) is 0.886. The summed E-state index contributed by atoms with van der Waals surface area (Å²) in [6.07, 6.45) is 3.96. The van der Waals surface area contributed by atoms with Gasteiger partial charge in [0.05, 0.1) is 6.54 Å². The normalized spacial score (nSPS) is 16.5. The summed E-state index contributed by atoms with van der Waals surface area (Å²) in [6, 6.07) is 14.1. The van der Waals surface area contributed by atoms with Crippen molar-refractivity contribution in [2.45, 2.75) is 31.5 Å². The molecule has 6 nitrogen and oxygen atoms in total. The minimum absolute atomic E-state index is 0.105. The first-order valence-electron chi connectivity index (χ1n) is 8.79. The highest BCUT2D eigenvalue weighted by Gasteiger charge is 2.44. The lowest BCUT2D eigenvalue weighted by atomic mass is 10.2. The summed E-state index contributed by atoms with van der Waals surface area (Å²) in [5, 5.41) is 5.37. The molecule has 2 N–H and O–H groups in total. The maximum absolute atomic E-state index is 12.1. The van der Waals surface area contributed by atoms with E-state index in [9.17, 15) is 9.59 Å². The van der Waals surface area contributed by atoms with Crippen LogP contribution in [0.4, 0.5) is 5.69 Å². The van der Waals surface area contributed by atoms with E-state index in [1.807, 2.05) is 6.07 Å². The Hall–Kier alpha value is -3.02. The van der Waals surface area contributed by atoms with Crippen LogP contribution in [0, 0.1) is 0 Å². The average Bonchev–Trinajstić information content (AvgIpc) is 3.26. The highest BCUT2D eigenvalue weighted by atomic mass is 16.7. The van der Waals surface area contributed by atoms with Gasteiger partial charge in [-0.05, 0) is 37.1 Å². The molecule has 1 saturated carbocycles. The van der Waals surface area contributed by atoms with Crippen LogP contribution in [0.15, 0.2) is 48.5 Å². The summed E-state index contributed by atoms with van der Waals surface area (Å²) in [7, 11) is 0. The van der Waals surface area contributed by atoms with Gasteiger partial charge >= 0.3 is 0 Å². The standard InChI is InChI=1S/C20H20N2O4/c23-18(13-21-19(24)14-6-2-1-3-7-14)22-15-8-9-16-17(12-15)26-20(25-16)10-4-5-11-20/h1-3,6-9,12H,4-5,10-11,13H2,(H,21,24)(H,22,23). The van der Waals surface area contributed by atoms with Crippen LogP contribution >= 0.6 is 0 Å². The monoisotopic (exact) mass is 352 g/mol. The summed E-state index contributed by atoms with van der Waals surface area (Å²) < 4.78 is 11.9. The fourth-order valence-electron chi connectivity index (χ4n) is 3.35. The molecule has 0 atom stereocenters. The number of nitrogens with one attached hydrogen (secondary N) is 2. The van der Waals surface area contributed by atoms with Crippen molar-refractivity contribution in [3.05, 3.63) is 54.1 Å². The SMILES string of the molecule is O=C(CNC(=O)c1ccccc1)Nc1ccc2c(c1)OC1(CCCC1)O2. The molecule has 2 aliphatic rings. The summed E-state index contributed by atoms with van der Waals surface area (Å²) in [4.78, 5) is 24.1. The molecule has 2 amide bonds. The zero-order valence-corrected chi connectivity index (χ0v) is 14.3. The molecule has 0 radical (unpaired) electrons. The van der Waals surface area contributed by atoms with Gasteiger partial charge in [-0.25, -0.2) is 0 Å². The Morgan fingerprint density at radius 1 is 0.962 bits per heavy atom. The molecular weight excluding hydrogens is 332 g/mol. The van der Waals surface area contributed by atoms with Crippen LogP contribution in [0.3, 0.4) is 0 Å². The number of carbonyl (C=O) groups is 2. The van der Waals surface area contributed by atoms with E-state index in [0.29, 0.717) is 22.7 Å². The molecule has 0 bridgehead atoms. The largest absolute Gasteiger partial charge is 0.448 e. The number of anilines is 1. The third-order valence-electron chi connectivity index (χ3n) is 4.63. The van der Waals surface area contributed by atoms with Crippen molar-refractivity contribution in [1.29, 1.82) is 0 Å². The van der Waals surface area contributed by atoms with Crippen LogP contribution in [0.5, 0.6) is 11.5 Å². The van der Waals surface area contributed by atoms with E-state index >= 15 is 0 Å². The summed E-state index contributed by atoms with van der Waals surface area (Å²) in [5.74, 6) is 0.257. The molecule has 1 spiro atoms. The van der Waals surface area contributed by atoms with E-state index in [4.69, 9.17) is 9.47 Å². The Morgan fingerprint density at radius 2 is 1.69 bits per heavy atom. The number of rotatable bonds is 4. The highest BCUT2D eigenvalue weighted by molar-refractivity contribution is 5.99. The molecule has 1 fully saturated rings. The van der Waals surface area contributed by atoms with E-state index in [1.54, 1.807) is 42.5 Å². The van der Waals surface area contributed by atoms with Crippen LogP contribution in [-0.2, 0) is 4.79 Å². The Balaban J connectivity index is 1.34. The maximum Gasteiger partial charge on any atom is 0.251 e. The van der Waals surface area contributed by atoms with Crippen molar-refractivity contribution >= 4 is 17.5 Å². The third-order valence-corrected chi connectivity index (χ3v) is 4.63. The van der Waals surface area contributed by atoms with Gasteiger partial charge in [-0.15, -0.1) is 0 Å².